The van der Waals surface area contributed by atoms with Gasteiger partial charge < -0.3 is 5.32 Å². The third-order valence-corrected chi connectivity index (χ3v) is 2.61. The van der Waals surface area contributed by atoms with E-state index in [0.29, 0.717) is 0 Å². The molecule has 1 aromatic rings. The van der Waals surface area contributed by atoms with Gasteiger partial charge in [0.1, 0.15) is 5.82 Å². The van der Waals surface area contributed by atoms with Gasteiger partial charge in [0.25, 0.3) is 0 Å². The predicted octanol–water partition coefficient (Wildman–Crippen LogP) is 3.13. The van der Waals surface area contributed by atoms with Crippen LogP contribution in [0.2, 0.25) is 0 Å². The molecule has 78 valence electrons. The molecule has 1 rings (SSSR count). The van der Waals surface area contributed by atoms with E-state index >= 15 is 0 Å². The number of anilines is 1. The summed E-state index contributed by atoms with van der Waals surface area (Å²) in [4.78, 5) is 4.31. The van der Waals surface area contributed by atoms with Crippen molar-refractivity contribution >= 4 is 17.4 Å². The fourth-order valence-electron chi connectivity index (χ4n) is 1.25. The van der Waals surface area contributed by atoms with Crippen molar-refractivity contribution in [2.45, 2.75) is 32.6 Å². The number of alkyl halides is 1. The van der Waals surface area contributed by atoms with E-state index in [0.717, 1.165) is 18.8 Å². The number of aromatic nitrogens is 1. The van der Waals surface area contributed by atoms with E-state index < -0.39 is 0 Å². The molecule has 0 bridgehead atoms. The lowest BCUT2D eigenvalue weighted by atomic mass is 10.2. The summed E-state index contributed by atoms with van der Waals surface area (Å²) in [5, 5.41) is 3.43. The van der Waals surface area contributed by atoms with Crippen molar-refractivity contribution < 1.29 is 0 Å². The monoisotopic (exact) mass is 212 g/mol. The third-order valence-electron chi connectivity index (χ3n) is 2.15. The molecule has 0 aliphatic heterocycles. The van der Waals surface area contributed by atoms with Crippen LogP contribution in [0.3, 0.4) is 0 Å². The SMILES string of the molecule is CCC(Cl)CNc1ncc(C)cc1C. The maximum Gasteiger partial charge on any atom is 0.128 e. The zero-order valence-corrected chi connectivity index (χ0v) is 9.73. The van der Waals surface area contributed by atoms with Gasteiger partial charge in [0.05, 0.1) is 5.38 Å². The summed E-state index contributed by atoms with van der Waals surface area (Å²) in [7, 11) is 0. The Bertz CT molecular complexity index is 299. The van der Waals surface area contributed by atoms with E-state index in [4.69, 9.17) is 11.6 Å². The molecule has 1 heterocycles. The Hall–Kier alpha value is -0.760. The normalized spacial score (nSPS) is 12.6. The van der Waals surface area contributed by atoms with Crippen molar-refractivity contribution in [1.29, 1.82) is 0 Å². The first-order chi connectivity index (χ1) is 6.63. The lowest BCUT2D eigenvalue weighted by Crippen LogP contribution is -2.14. The van der Waals surface area contributed by atoms with Gasteiger partial charge >= 0.3 is 0 Å². The van der Waals surface area contributed by atoms with E-state index in [1.54, 1.807) is 0 Å². The molecule has 0 saturated carbocycles. The molecule has 0 saturated heterocycles. The van der Waals surface area contributed by atoms with Crippen LogP contribution in [0.1, 0.15) is 24.5 Å². The van der Waals surface area contributed by atoms with Gasteiger partial charge in [0.2, 0.25) is 0 Å². The summed E-state index contributed by atoms with van der Waals surface area (Å²) in [6.07, 6.45) is 2.84. The summed E-state index contributed by atoms with van der Waals surface area (Å²) < 4.78 is 0. The molecular weight excluding hydrogens is 196 g/mol. The minimum absolute atomic E-state index is 0.178. The highest BCUT2D eigenvalue weighted by Crippen LogP contribution is 2.13. The molecule has 0 amide bonds. The fourth-order valence-corrected chi connectivity index (χ4v) is 1.33. The lowest BCUT2D eigenvalue weighted by Gasteiger charge is -2.11. The number of halogens is 1. The Morgan fingerprint density at radius 3 is 2.79 bits per heavy atom. The number of rotatable bonds is 4. The van der Waals surface area contributed by atoms with Crippen molar-refractivity contribution in [3.8, 4) is 0 Å². The minimum atomic E-state index is 0.178. The number of nitrogens with zero attached hydrogens (tertiary/aromatic N) is 1. The molecule has 1 N–H and O–H groups in total. The van der Waals surface area contributed by atoms with Crippen LogP contribution in [0.4, 0.5) is 5.82 Å². The first kappa shape index (κ1) is 11.3. The van der Waals surface area contributed by atoms with Gasteiger partial charge in [-0.2, -0.15) is 0 Å². The zero-order valence-electron chi connectivity index (χ0n) is 8.97. The molecule has 3 heteroatoms. The molecule has 0 aliphatic rings. The van der Waals surface area contributed by atoms with Crippen molar-refractivity contribution in [3.63, 3.8) is 0 Å². The Morgan fingerprint density at radius 1 is 1.50 bits per heavy atom. The number of hydrogen-bond donors (Lipinski definition) is 1. The average Bonchev–Trinajstić information content (AvgIpc) is 2.16. The Labute approximate surface area is 90.7 Å². The first-order valence-electron chi connectivity index (χ1n) is 4.94. The Balaban J connectivity index is 2.59. The summed E-state index contributed by atoms with van der Waals surface area (Å²) in [5.41, 5.74) is 2.36. The molecule has 0 radical (unpaired) electrons. The van der Waals surface area contributed by atoms with Crippen LogP contribution in [0, 0.1) is 13.8 Å². The number of aryl methyl sites for hydroxylation is 2. The Kier molecular flexibility index (Phi) is 4.21. The Morgan fingerprint density at radius 2 is 2.21 bits per heavy atom. The summed E-state index contributed by atoms with van der Waals surface area (Å²) in [6.45, 7) is 6.95. The molecule has 0 fully saturated rings. The highest BCUT2D eigenvalue weighted by molar-refractivity contribution is 6.20. The van der Waals surface area contributed by atoms with Gasteiger partial charge in [-0.15, -0.1) is 11.6 Å². The quantitative estimate of drug-likeness (QED) is 0.776. The van der Waals surface area contributed by atoms with E-state index in [-0.39, 0.29) is 5.38 Å². The van der Waals surface area contributed by atoms with Gasteiger partial charge in [0.15, 0.2) is 0 Å². The molecule has 0 spiro atoms. The predicted molar refractivity (Wildman–Crippen MR) is 62.1 cm³/mol. The van der Waals surface area contributed by atoms with Gasteiger partial charge in [-0.05, 0) is 31.4 Å². The second-order valence-electron chi connectivity index (χ2n) is 3.56. The standard InChI is InChI=1S/C11H17ClN2/c1-4-10(12)7-14-11-9(3)5-8(2)6-13-11/h5-6,10H,4,7H2,1-3H3,(H,13,14). The van der Waals surface area contributed by atoms with Crippen LogP contribution in [0.15, 0.2) is 12.3 Å². The van der Waals surface area contributed by atoms with E-state index in [1.165, 1.54) is 11.1 Å². The summed E-state index contributed by atoms with van der Waals surface area (Å²) in [6, 6.07) is 2.12. The van der Waals surface area contributed by atoms with Crippen LogP contribution in [0.5, 0.6) is 0 Å². The average molecular weight is 213 g/mol. The highest BCUT2D eigenvalue weighted by atomic mass is 35.5. The first-order valence-corrected chi connectivity index (χ1v) is 5.38. The molecule has 0 aromatic carbocycles. The van der Waals surface area contributed by atoms with Crippen molar-refractivity contribution in [2.75, 3.05) is 11.9 Å². The smallest absolute Gasteiger partial charge is 0.128 e. The zero-order chi connectivity index (χ0) is 10.6. The summed E-state index contributed by atoms with van der Waals surface area (Å²) >= 11 is 6.01. The van der Waals surface area contributed by atoms with Crippen LogP contribution < -0.4 is 5.32 Å². The van der Waals surface area contributed by atoms with E-state index in [1.807, 2.05) is 13.1 Å². The highest BCUT2D eigenvalue weighted by Gasteiger charge is 2.03. The fraction of sp³-hybridized carbons (Fsp3) is 0.545. The largest absolute Gasteiger partial charge is 0.368 e. The van der Waals surface area contributed by atoms with Crippen molar-refractivity contribution in [1.82, 2.24) is 4.98 Å². The van der Waals surface area contributed by atoms with Crippen LogP contribution in [-0.2, 0) is 0 Å². The van der Waals surface area contributed by atoms with Crippen LogP contribution in [0.25, 0.3) is 0 Å². The third kappa shape index (κ3) is 3.18. The topological polar surface area (TPSA) is 24.9 Å². The maximum atomic E-state index is 6.01. The van der Waals surface area contributed by atoms with Gasteiger partial charge in [0, 0.05) is 12.7 Å². The molecular formula is C11H17ClN2. The minimum Gasteiger partial charge on any atom is -0.368 e. The lowest BCUT2D eigenvalue weighted by molar-refractivity contribution is 0.839. The van der Waals surface area contributed by atoms with Crippen LogP contribution >= 0.6 is 11.6 Å². The van der Waals surface area contributed by atoms with E-state index in [9.17, 15) is 0 Å². The molecule has 0 aliphatic carbocycles. The number of nitrogens with one attached hydrogen (secondary N) is 1. The van der Waals surface area contributed by atoms with E-state index in [2.05, 4.69) is 30.2 Å². The molecule has 1 atom stereocenters. The van der Waals surface area contributed by atoms with Gasteiger partial charge in [-0.3, -0.25) is 0 Å². The number of pyridine rings is 1. The van der Waals surface area contributed by atoms with Crippen molar-refractivity contribution in [2.24, 2.45) is 0 Å². The second kappa shape index (κ2) is 5.20. The van der Waals surface area contributed by atoms with Crippen molar-refractivity contribution in [3.05, 3.63) is 23.4 Å². The van der Waals surface area contributed by atoms with Gasteiger partial charge in [-0.25, -0.2) is 4.98 Å². The molecule has 2 nitrogen and oxygen atoms in total. The number of hydrogen-bond acceptors (Lipinski definition) is 2. The molecule has 1 unspecified atom stereocenters. The summed E-state index contributed by atoms with van der Waals surface area (Å²) in [5.74, 6) is 0.940. The second-order valence-corrected chi connectivity index (χ2v) is 4.18. The molecule has 14 heavy (non-hydrogen) atoms. The van der Waals surface area contributed by atoms with Gasteiger partial charge in [-0.1, -0.05) is 13.0 Å². The maximum absolute atomic E-state index is 6.01. The van der Waals surface area contributed by atoms with Crippen LogP contribution in [-0.4, -0.2) is 16.9 Å². The molecule has 1 aromatic heterocycles.